The summed E-state index contributed by atoms with van der Waals surface area (Å²) in [5.41, 5.74) is 0.274. The minimum absolute atomic E-state index is 0.0317. The third kappa shape index (κ3) is 4.84. The van der Waals surface area contributed by atoms with E-state index < -0.39 is 47.3 Å². The fraction of sp³-hybridized carbons (Fsp3) is 0.364. The highest BCUT2D eigenvalue weighted by molar-refractivity contribution is 5.78. The van der Waals surface area contributed by atoms with E-state index in [0.29, 0.717) is 11.1 Å². The summed E-state index contributed by atoms with van der Waals surface area (Å²) < 4.78 is 81.5. The third-order valence-corrected chi connectivity index (χ3v) is 6.06. The molecule has 200 valence electrons. The van der Waals surface area contributed by atoms with Gasteiger partial charge in [-0.25, -0.2) is 32.9 Å². The fourth-order valence-electron chi connectivity index (χ4n) is 4.25. The fourth-order valence-corrected chi connectivity index (χ4v) is 4.25. The number of aromatic nitrogens is 5. The molecule has 2 amide bonds. The standard InChI is InChI=1S/C22H19F6N9O/c1-12-31-19(22(26,27)28)33-36(12)18-16(25)11-29-20(32-18)34-4-6-35(7-5-34)21(38)37-17(2-3-30-37)13-8-14(23)10-15(24)9-13/h3,8-11,17H,2,4-7H2,1H3/t17-/m0/s1. The van der Waals surface area contributed by atoms with E-state index in [2.05, 4.69) is 25.2 Å². The number of benzene rings is 1. The van der Waals surface area contributed by atoms with Gasteiger partial charge in [0, 0.05) is 44.9 Å². The minimum atomic E-state index is -4.81. The Kier molecular flexibility index (Phi) is 6.40. The molecular weight excluding hydrogens is 520 g/mol. The normalized spacial score (nSPS) is 18.0. The number of nitrogens with zero attached hydrogens (tertiary/aromatic N) is 9. The van der Waals surface area contributed by atoms with Crippen LogP contribution in [-0.2, 0) is 6.18 Å². The van der Waals surface area contributed by atoms with Gasteiger partial charge in [-0.1, -0.05) is 0 Å². The Hall–Kier alpha value is -4.24. The van der Waals surface area contributed by atoms with Crippen molar-refractivity contribution in [2.75, 3.05) is 31.1 Å². The van der Waals surface area contributed by atoms with Gasteiger partial charge in [0.1, 0.15) is 17.5 Å². The number of carbonyl (C=O) groups excluding carboxylic acids is 1. The first kappa shape index (κ1) is 25.4. The molecule has 0 radical (unpaired) electrons. The van der Waals surface area contributed by atoms with E-state index in [0.717, 1.165) is 24.4 Å². The molecule has 1 saturated heterocycles. The highest BCUT2D eigenvalue weighted by Crippen LogP contribution is 2.31. The Bertz CT molecular complexity index is 1380. The molecule has 0 unspecified atom stereocenters. The number of rotatable bonds is 3. The highest BCUT2D eigenvalue weighted by atomic mass is 19.4. The number of amides is 2. The van der Waals surface area contributed by atoms with Crippen molar-refractivity contribution in [3.8, 4) is 5.82 Å². The number of piperazine rings is 1. The molecule has 2 aromatic heterocycles. The van der Waals surface area contributed by atoms with E-state index in [1.165, 1.54) is 23.0 Å². The number of anilines is 1. The molecule has 10 nitrogen and oxygen atoms in total. The van der Waals surface area contributed by atoms with E-state index in [4.69, 9.17) is 0 Å². The van der Waals surface area contributed by atoms with Crippen molar-refractivity contribution in [2.45, 2.75) is 25.6 Å². The minimum Gasteiger partial charge on any atom is -0.337 e. The molecule has 0 saturated carbocycles. The van der Waals surface area contributed by atoms with E-state index in [9.17, 15) is 31.1 Å². The largest absolute Gasteiger partial charge is 0.453 e. The number of carbonyl (C=O) groups is 1. The molecule has 3 aromatic rings. The summed E-state index contributed by atoms with van der Waals surface area (Å²) in [6, 6.07) is 1.91. The summed E-state index contributed by atoms with van der Waals surface area (Å²) in [4.78, 5) is 27.6. The number of hydrogen-bond donors (Lipinski definition) is 0. The number of urea groups is 1. The summed E-state index contributed by atoms with van der Waals surface area (Å²) in [7, 11) is 0. The molecule has 0 N–H and O–H groups in total. The van der Waals surface area contributed by atoms with E-state index in [1.807, 2.05) is 0 Å². The third-order valence-electron chi connectivity index (χ3n) is 6.06. The molecule has 0 aliphatic carbocycles. The van der Waals surface area contributed by atoms with E-state index in [-0.39, 0.29) is 43.5 Å². The smallest absolute Gasteiger partial charge is 0.337 e. The quantitative estimate of drug-likeness (QED) is 0.473. The summed E-state index contributed by atoms with van der Waals surface area (Å²) >= 11 is 0. The molecule has 0 spiro atoms. The zero-order chi connectivity index (χ0) is 27.2. The molecule has 16 heteroatoms. The number of hydrazone groups is 1. The van der Waals surface area contributed by atoms with Crippen molar-refractivity contribution < 1.29 is 31.1 Å². The predicted octanol–water partition coefficient (Wildman–Crippen LogP) is 3.48. The van der Waals surface area contributed by atoms with Crippen LogP contribution in [0.5, 0.6) is 0 Å². The first-order chi connectivity index (χ1) is 18.0. The van der Waals surface area contributed by atoms with Gasteiger partial charge in [0.2, 0.25) is 5.95 Å². The van der Waals surface area contributed by atoms with Crippen molar-refractivity contribution in [1.82, 2.24) is 34.6 Å². The number of alkyl halides is 3. The van der Waals surface area contributed by atoms with Crippen molar-refractivity contribution in [3.63, 3.8) is 0 Å². The summed E-state index contributed by atoms with van der Waals surface area (Å²) in [5, 5.41) is 8.59. The maximum absolute atomic E-state index is 14.4. The van der Waals surface area contributed by atoms with Crippen LogP contribution in [0.3, 0.4) is 0 Å². The average Bonchev–Trinajstić information content (AvgIpc) is 3.51. The second kappa shape index (κ2) is 9.57. The zero-order valence-electron chi connectivity index (χ0n) is 19.7. The molecule has 4 heterocycles. The van der Waals surface area contributed by atoms with Crippen molar-refractivity contribution >= 4 is 18.2 Å². The molecule has 2 aliphatic rings. The lowest BCUT2D eigenvalue weighted by Crippen LogP contribution is -2.52. The van der Waals surface area contributed by atoms with Gasteiger partial charge in [-0.3, -0.25) is 0 Å². The Morgan fingerprint density at radius 1 is 1.00 bits per heavy atom. The second-order valence-electron chi connectivity index (χ2n) is 8.59. The van der Waals surface area contributed by atoms with Crippen LogP contribution < -0.4 is 4.90 Å². The van der Waals surface area contributed by atoms with E-state index in [1.54, 1.807) is 4.90 Å². The molecule has 0 bridgehead atoms. The topological polar surface area (TPSA) is 95.6 Å². The summed E-state index contributed by atoms with van der Waals surface area (Å²) in [6.07, 6.45) is -2.21. The maximum Gasteiger partial charge on any atom is 0.453 e. The van der Waals surface area contributed by atoms with Gasteiger partial charge in [0.25, 0.3) is 5.82 Å². The molecule has 38 heavy (non-hydrogen) atoms. The Labute approximate surface area is 211 Å². The SMILES string of the molecule is Cc1nc(C(F)(F)F)nn1-c1nc(N2CCN(C(=O)N3N=CC[C@H]3c3cc(F)cc(F)c3)CC2)ncc1F. The maximum atomic E-state index is 14.4. The Morgan fingerprint density at radius 3 is 2.32 bits per heavy atom. The van der Waals surface area contributed by atoms with Crippen LogP contribution in [0, 0.1) is 24.4 Å². The van der Waals surface area contributed by atoms with Gasteiger partial charge in [-0.15, -0.1) is 5.10 Å². The van der Waals surface area contributed by atoms with Crippen molar-refractivity contribution in [1.29, 1.82) is 0 Å². The lowest BCUT2D eigenvalue weighted by Gasteiger charge is -2.37. The van der Waals surface area contributed by atoms with Gasteiger partial charge in [-0.05, 0) is 24.6 Å². The van der Waals surface area contributed by atoms with Crippen LogP contribution in [0.2, 0.25) is 0 Å². The lowest BCUT2D eigenvalue weighted by molar-refractivity contribution is -0.144. The molecule has 5 rings (SSSR count). The molecule has 1 atom stereocenters. The summed E-state index contributed by atoms with van der Waals surface area (Å²) in [5.74, 6) is -4.61. The van der Waals surface area contributed by atoms with Crippen LogP contribution in [0.25, 0.3) is 5.82 Å². The monoisotopic (exact) mass is 539 g/mol. The van der Waals surface area contributed by atoms with Gasteiger partial charge >= 0.3 is 12.2 Å². The first-order valence-electron chi connectivity index (χ1n) is 11.4. The number of halogens is 6. The van der Waals surface area contributed by atoms with Crippen molar-refractivity contribution in [3.05, 3.63) is 59.1 Å². The van der Waals surface area contributed by atoms with Gasteiger partial charge in [-0.2, -0.15) is 27.9 Å². The highest BCUT2D eigenvalue weighted by Gasteiger charge is 2.37. The van der Waals surface area contributed by atoms with Crippen LogP contribution in [0.1, 0.15) is 29.7 Å². The predicted molar refractivity (Wildman–Crippen MR) is 120 cm³/mol. The van der Waals surface area contributed by atoms with Crippen LogP contribution in [0.15, 0.2) is 29.5 Å². The van der Waals surface area contributed by atoms with Crippen LogP contribution >= 0.6 is 0 Å². The molecule has 1 aromatic carbocycles. The molecule has 2 aliphatic heterocycles. The Morgan fingerprint density at radius 2 is 1.68 bits per heavy atom. The van der Waals surface area contributed by atoms with Gasteiger partial charge in [0.15, 0.2) is 11.6 Å². The van der Waals surface area contributed by atoms with Gasteiger partial charge < -0.3 is 9.80 Å². The molecule has 1 fully saturated rings. The average molecular weight is 539 g/mol. The van der Waals surface area contributed by atoms with Crippen molar-refractivity contribution in [2.24, 2.45) is 5.10 Å². The lowest BCUT2D eigenvalue weighted by atomic mass is 10.0. The van der Waals surface area contributed by atoms with Crippen LogP contribution in [-0.4, -0.2) is 73.1 Å². The van der Waals surface area contributed by atoms with Crippen LogP contribution in [0.4, 0.5) is 37.1 Å². The Balaban J connectivity index is 1.29. The molecular formula is C22H19F6N9O. The second-order valence-corrected chi connectivity index (χ2v) is 8.59. The van der Waals surface area contributed by atoms with Gasteiger partial charge in [0.05, 0.1) is 12.2 Å². The van der Waals surface area contributed by atoms with E-state index >= 15 is 0 Å². The first-order valence-corrected chi connectivity index (χ1v) is 11.4. The zero-order valence-corrected chi connectivity index (χ0v) is 19.7. The number of aryl methyl sites for hydroxylation is 1. The summed E-state index contributed by atoms with van der Waals surface area (Å²) in [6.45, 7) is 2.05. The number of hydrogen-bond acceptors (Lipinski definition) is 7.